The number of aryl methyl sites for hydroxylation is 1. The Morgan fingerprint density at radius 2 is 1.92 bits per heavy atom. The van der Waals surface area contributed by atoms with Crippen molar-refractivity contribution in [2.45, 2.75) is 25.7 Å². The molecule has 0 aromatic carbocycles. The summed E-state index contributed by atoms with van der Waals surface area (Å²) in [6.45, 7) is 1.92. The Bertz CT molecular complexity index is 1670. The number of halogens is 1. The van der Waals surface area contributed by atoms with Gasteiger partial charge in [0.15, 0.2) is 15.6 Å². The highest BCUT2D eigenvalue weighted by Crippen LogP contribution is 2.42. The van der Waals surface area contributed by atoms with E-state index in [9.17, 15) is 4.79 Å². The van der Waals surface area contributed by atoms with Gasteiger partial charge in [0.2, 0.25) is 0 Å². The molecule has 1 fully saturated rings. The van der Waals surface area contributed by atoms with Crippen molar-refractivity contribution in [3.05, 3.63) is 71.2 Å². The monoisotopic (exact) mass is 529 g/mol. The second kappa shape index (κ2) is 9.45. The molecule has 6 rings (SSSR count). The number of nitrogens with one attached hydrogen (secondary N) is 1. The number of anilines is 1. The molecule has 37 heavy (non-hydrogen) atoms. The molecule has 184 valence electrons. The molecule has 0 saturated heterocycles. The lowest BCUT2D eigenvalue weighted by molar-refractivity contribution is 0.102. The number of carbonyl (C=O) groups excluding carboxylic acids is 1. The third-order valence-corrected chi connectivity index (χ3v) is 7.11. The van der Waals surface area contributed by atoms with Crippen molar-refractivity contribution in [2.75, 3.05) is 12.4 Å². The lowest BCUT2D eigenvalue weighted by atomic mass is 9.99. The van der Waals surface area contributed by atoms with Gasteiger partial charge < -0.3 is 4.74 Å². The van der Waals surface area contributed by atoms with E-state index in [0.29, 0.717) is 54.8 Å². The Labute approximate surface area is 221 Å². The van der Waals surface area contributed by atoms with Crippen molar-refractivity contribution in [3.8, 4) is 28.1 Å². The quantitative estimate of drug-likeness (QED) is 0.278. The van der Waals surface area contributed by atoms with Gasteiger partial charge in [0.1, 0.15) is 10.9 Å². The third kappa shape index (κ3) is 4.73. The molecule has 1 aliphatic carbocycles. The first-order valence-corrected chi connectivity index (χ1v) is 12.8. The van der Waals surface area contributed by atoms with Gasteiger partial charge in [-0.1, -0.05) is 22.9 Å². The zero-order valence-corrected chi connectivity index (χ0v) is 21.5. The fourth-order valence-electron chi connectivity index (χ4n) is 4.05. The molecule has 5 aromatic heterocycles. The van der Waals surface area contributed by atoms with Crippen LogP contribution in [-0.4, -0.2) is 42.9 Å². The lowest BCUT2D eigenvalue weighted by Gasteiger charge is -2.14. The van der Waals surface area contributed by atoms with Gasteiger partial charge in [-0.25, -0.2) is 15.0 Å². The summed E-state index contributed by atoms with van der Waals surface area (Å²) in [7, 11) is 1.56. The van der Waals surface area contributed by atoms with Gasteiger partial charge in [-0.05, 0) is 44.0 Å². The van der Waals surface area contributed by atoms with Crippen LogP contribution in [0.15, 0.2) is 49.1 Å². The highest BCUT2D eigenvalue weighted by molar-refractivity contribution is 7.21. The Morgan fingerprint density at radius 1 is 1.05 bits per heavy atom. The fourth-order valence-corrected chi connectivity index (χ4v) is 5.00. The minimum atomic E-state index is -0.358. The Morgan fingerprint density at radius 3 is 2.70 bits per heavy atom. The van der Waals surface area contributed by atoms with Gasteiger partial charge in [-0.2, -0.15) is 4.98 Å². The van der Waals surface area contributed by atoms with E-state index in [4.69, 9.17) is 16.3 Å². The number of rotatable bonds is 6. The highest BCUT2D eigenvalue weighted by atomic mass is 35.5. The van der Waals surface area contributed by atoms with Crippen LogP contribution < -0.4 is 10.1 Å². The van der Waals surface area contributed by atoms with Gasteiger partial charge in [-0.3, -0.25) is 20.1 Å². The first-order chi connectivity index (χ1) is 18.0. The van der Waals surface area contributed by atoms with Crippen LogP contribution in [0, 0.1) is 6.92 Å². The smallest absolute Gasteiger partial charge is 0.259 e. The van der Waals surface area contributed by atoms with E-state index in [2.05, 4.69) is 35.2 Å². The van der Waals surface area contributed by atoms with Crippen LogP contribution in [0.3, 0.4) is 0 Å². The summed E-state index contributed by atoms with van der Waals surface area (Å²) >= 11 is 7.46. The average molecular weight is 530 g/mol. The number of nitrogens with zero attached hydrogens (tertiary/aromatic N) is 6. The number of aromatic nitrogens is 6. The van der Waals surface area contributed by atoms with Gasteiger partial charge in [-0.15, -0.1) is 0 Å². The minimum Gasteiger partial charge on any atom is -0.494 e. The molecule has 5 heterocycles. The lowest BCUT2D eigenvalue weighted by Crippen LogP contribution is -2.14. The highest BCUT2D eigenvalue weighted by Gasteiger charge is 2.28. The standard InChI is InChI=1S/C26H20ClN7O2S/c1-13-7-15(5-6-28-13)20-11-31-23-25(32-20)37-26(33-23)34-24(35)18-10-29-19(14-3-4-14)8-16(18)17-9-22(27)30-12-21(17)36-2/h5-12,14H,3-4H2,1-2H3,(H,31,33,34,35). The van der Waals surface area contributed by atoms with Crippen molar-refractivity contribution in [3.63, 3.8) is 0 Å². The number of ether oxygens (including phenoxy) is 1. The minimum absolute atomic E-state index is 0.301. The maximum atomic E-state index is 13.5. The summed E-state index contributed by atoms with van der Waals surface area (Å²) < 4.78 is 5.51. The second-order valence-corrected chi connectivity index (χ2v) is 10.0. The van der Waals surface area contributed by atoms with E-state index >= 15 is 0 Å². The summed E-state index contributed by atoms with van der Waals surface area (Å²) in [6, 6.07) is 7.45. The van der Waals surface area contributed by atoms with Crippen LogP contribution in [0.4, 0.5) is 5.13 Å². The molecule has 5 aromatic rings. The molecule has 0 atom stereocenters. The first kappa shape index (κ1) is 23.4. The molecule has 0 aliphatic heterocycles. The van der Waals surface area contributed by atoms with E-state index in [1.54, 1.807) is 38.0 Å². The molecular formula is C26H20ClN7O2S. The van der Waals surface area contributed by atoms with Crippen LogP contribution in [-0.2, 0) is 0 Å². The molecule has 0 unspecified atom stereocenters. The van der Waals surface area contributed by atoms with E-state index in [0.717, 1.165) is 29.8 Å². The molecule has 0 bridgehead atoms. The normalized spacial score (nSPS) is 13.1. The number of methoxy groups -OCH3 is 1. The van der Waals surface area contributed by atoms with E-state index in [-0.39, 0.29) is 5.91 Å². The van der Waals surface area contributed by atoms with Crippen LogP contribution in [0.25, 0.3) is 32.9 Å². The summed E-state index contributed by atoms with van der Waals surface area (Å²) in [5.41, 5.74) is 5.62. The molecule has 11 heteroatoms. The molecule has 1 N–H and O–H groups in total. The number of thiazole rings is 1. The Kier molecular flexibility index (Phi) is 5.97. The number of fused-ring (bicyclic) bond motifs is 1. The zero-order valence-electron chi connectivity index (χ0n) is 19.9. The number of pyridine rings is 3. The van der Waals surface area contributed by atoms with Gasteiger partial charge in [0, 0.05) is 46.4 Å². The average Bonchev–Trinajstić information content (AvgIpc) is 3.68. The Hall–Kier alpha value is -4.02. The molecule has 1 aliphatic rings. The van der Waals surface area contributed by atoms with Crippen molar-refractivity contribution in [1.29, 1.82) is 0 Å². The summed E-state index contributed by atoms with van der Waals surface area (Å²) in [6.07, 6.45) is 8.71. The number of carbonyl (C=O) groups is 1. The maximum Gasteiger partial charge on any atom is 0.259 e. The van der Waals surface area contributed by atoms with Crippen LogP contribution in [0.5, 0.6) is 5.75 Å². The molecule has 9 nitrogen and oxygen atoms in total. The SMILES string of the molecule is COc1cnc(Cl)cc1-c1cc(C2CC2)ncc1C(=O)Nc1nc2ncc(-c3ccnc(C)c3)nc2s1. The molecule has 0 spiro atoms. The summed E-state index contributed by atoms with van der Waals surface area (Å²) in [4.78, 5) is 40.6. The summed E-state index contributed by atoms with van der Waals surface area (Å²) in [5.74, 6) is 0.557. The van der Waals surface area contributed by atoms with E-state index in [1.807, 2.05) is 25.1 Å². The van der Waals surface area contributed by atoms with Crippen LogP contribution in [0.2, 0.25) is 5.15 Å². The van der Waals surface area contributed by atoms with Crippen LogP contribution in [0.1, 0.15) is 40.5 Å². The topological polar surface area (TPSA) is 116 Å². The van der Waals surface area contributed by atoms with Crippen molar-refractivity contribution in [2.24, 2.45) is 0 Å². The summed E-state index contributed by atoms with van der Waals surface area (Å²) in [5, 5.41) is 3.58. The first-order valence-electron chi connectivity index (χ1n) is 11.6. The van der Waals surface area contributed by atoms with Gasteiger partial charge >= 0.3 is 0 Å². The zero-order chi connectivity index (χ0) is 25.5. The predicted octanol–water partition coefficient (Wildman–Crippen LogP) is 5.71. The van der Waals surface area contributed by atoms with E-state index in [1.165, 1.54) is 11.3 Å². The second-order valence-electron chi connectivity index (χ2n) is 8.68. The predicted molar refractivity (Wildman–Crippen MR) is 142 cm³/mol. The fraction of sp³-hybridized carbons (Fsp3) is 0.192. The van der Waals surface area contributed by atoms with Crippen molar-refractivity contribution in [1.82, 2.24) is 29.9 Å². The number of hydrogen-bond acceptors (Lipinski definition) is 9. The molecule has 0 radical (unpaired) electrons. The van der Waals surface area contributed by atoms with Gasteiger partial charge in [0.05, 0.1) is 30.8 Å². The number of amides is 1. The third-order valence-electron chi connectivity index (χ3n) is 6.05. The Balaban J connectivity index is 1.35. The van der Waals surface area contributed by atoms with Crippen molar-refractivity contribution < 1.29 is 9.53 Å². The largest absolute Gasteiger partial charge is 0.494 e. The van der Waals surface area contributed by atoms with E-state index < -0.39 is 0 Å². The molecule has 1 saturated carbocycles. The van der Waals surface area contributed by atoms with Gasteiger partial charge in [0.25, 0.3) is 5.91 Å². The number of hydrogen-bond donors (Lipinski definition) is 1. The maximum absolute atomic E-state index is 13.5. The van der Waals surface area contributed by atoms with Crippen molar-refractivity contribution >= 4 is 44.5 Å². The van der Waals surface area contributed by atoms with Crippen LogP contribution >= 0.6 is 22.9 Å². The molecule has 1 amide bonds. The molecular weight excluding hydrogens is 510 g/mol.